The van der Waals surface area contributed by atoms with Gasteiger partial charge in [-0.25, -0.2) is 9.59 Å². The Hall–Kier alpha value is -3.68. The summed E-state index contributed by atoms with van der Waals surface area (Å²) in [5.41, 5.74) is -0.668. The third-order valence-electron chi connectivity index (χ3n) is 4.67. The first-order valence-electron chi connectivity index (χ1n) is 11.8. The van der Waals surface area contributed by atoms with Crippen LogP contribution in [0.3, 0.4) is 0 Å². The van der Waals surface area contributed by atoms with Crippen LogP contribution >= 0.6 is 0 Å². The summed E-state index contributed by atoms with van der Waals surface area (Å²) in [4.78, 5) is 51.2. The van der Waals surface area contributed by atoms with Crippen LogP contribution < -0.4 is 5.32 Å². The van der Waals surface area contributed by atoms with E-state index in [1.54, 1.807) is 102 Å². The molecule has 1 unspecified atom stereocenters. The molecule has 2 rings (SSSR count). The van der Waals surface area contributed by atoms with Crippen LogP contribution in [0.2, 0.25) is 0 Å². The van der Waals surface area contributed by atoms with Crippen molar-refractivity contribution in [2.24, 2.45) is 0 Å². The average molecular weight is 498 g/mol. The van der Waals surface area contributed by atoms with Gasteiger partial charge >= 0.3 is 18.0 Å². The van der Waals surface area contributed by atoms with Gasteiger partial charge in [-0.15, -0.1) is 0 Å². The first-order chi connectivity index (χ1) is 16.7. The zero-order valence-corrected chi connectivity index (χ0v) is 21.7. The van der Waals surface area contributed by atoms with Crippen molar-refractivity contribution in [3.8, 4) is 0 Å². The van der Waals surface area contributed by atoms with E-state index in [1.807, 2.05) is 0 Å². The first kappa shape index (κ1) is 28.6. The average Bonchev–Trinajstić information content (AvgIpc) is 2.78. The molecule has 0 aliphatic rings. The Balaban J connectivity index is 2.27. The molecule has 1 amide bonds. The summed E-state index contributed by atoms with van der Waals surface area (Å²) in [5.74, 6) is -1.83. The number of alkyl carbamates (subject to hydrolysis) is 1. The normalized spacial score (nSPS) is 13.2. The number of ether oxygens (including phenoxy) is 3. The summed E-state index contributed by atoms with van der Waals surface area (Å²) in [6.07, 6.45) is -2.35. The second-order valence-electron chi connectivity index (χ2n) is 10.3. The highest BCUT2D eigenvalue weighted by Crippen LogP contribution is 2.24. The molecule has 0 radical (unpaired) electrons. The molecule has 0 aliphatic carbocycles. The number of amides is 1. The van der Waals surface area contributed by atoms with Crippen LogP contribution in [-0.2, 0) is 23.8 Å². The maximum absolute atomic E-state index is 13.3. The Morgan fingerprint density at radius 2 is 1.31 bits per heavy atom. The molecule has 8 nitrogen and oxygen atoms in total. The second kappa shape index (κ2) is 12.3. The molecule has 36 heavy (non-hydrogen) atoms. The molecule has 0 bridgehead atoms. The lowest BCUT2D eigenvalue weighted by molar-refractivity contribution is -0.155. The van der Waals surface area contributed by atoms with Crippen molar-refractivity contribution in [3.63, 3.8) is 0 Å². The molecule has 8 heteroatoms. The van der Waals surface area contributed by atoms with Gasteiger partial charge in [-0.05, 0) is 48.0 Å². The highest BCUT2D eigenvalue weighted by molar-refractivity contribution is 6.01. The van der Waals surface area contributed by atoms with Crippen molar-refractivity contribution >= 4 is 23.8 Å². The lowest BCUT2D eigenvalue weighted by Gasteiger charge is -2.25. The van der Waals surface area contributed by atoms with E-state index >= 15 is 0 Å². The molecule has 1 N–H and O–H groups in total. The van der Waals surface area contributed by atoms with Gasteiger partial charge in [0.25, 0.3) is 0 Å². The molecule has 0 aliphatic heterocycles. The minimum absolute atomic E-state index is 0.103. The monoisotopic (exact) mass is 497 g/mol. The first-order valence-corrected chi connectivity index (χ1v) is 11.8. The Morgan fingerprint density at radius 3 is 1.83 bits per heavy atom. The minimum Gasteiger partial charge on any atom is -0.460 e. The molecule has 194 valence electrons. The van der Waals surface area contributed by atoms with E-state index in [9.17, 15) is 19.2 Å². The Labute approximate surface area is 212 Å². The maximum Gasteiger partial charge on any atom is 0.408 e. The van der Waals surface area contributed by atoms with E-state index in [0.29, 0.717) is 11.1 Å². The summed E-state index contributed by atoms with van der Waals surface area (Å²) in [7, 11) is 0. The van der Waals surface area contributed by atoms with Gasteiger partial charge in [-0.2, -0.15) is 0 Å². The summed E-state index contributed by atoms with van der Waals surface area (Å²) in [6.45, 7) is 10.2. The van der Waals surface area contributed by atoms with E-state index in [1.165, 1.54) is 0 Å². The van der Waals surface area contributed by atoms with Crippen molar-refractivity contribution in [1.29, 1.82) is 0 Å². The smallest absolute Gasteiger partial charge is 0.408 e. The quantitative estimate of drug-likeness (QED) is 0.289. The van der Waals surface area contributed by atoms with Gasteiger partial charge in [-0.1, -0.05) is 60.7 Å². The maximum atomic E-state index is 13.3. The van der Waals surface area contributed by atoms with E-state index in [0.717, 1.165) is 0 Å². The zero-order chi connectivity index (χ0) is 26.9. The van der Waals surface area contributed by atoms with E-state index in [-0.39, 0.29) is 12.8 Å². The predicted octanol–water partition coefficient (Wildman–Crippen LogP) is 5.17. The Morgan fingerprint density at radius 1 is 0.778 bits per heavy atom. The highest BCUT2D eigenvalue weighted by Gasteiger charge is 2.32. The van der Waals surface area contributed by atoms with Crippen LogP contribution in [0.25, 0.3) is 0 Å². The van der Waals surface area contributed by atoms with Gasteiger partial charge in [0, 0.05) is 17.5 Å². The fourth-order valence-electron chi connectivity index (χ4n) is 3.21. The highest BCUT2D eigenvalue weighted by atomic mass is 16.6. The number of esters is 2. The molecule has 2 aromatic rings. The zero-order valence-electron chi connectivity index (χ0n) is 21.7. The number of Topliss-reactive ketones (excluding diaryl/α,β-unsaturated/α-hetero) is 1. The molecule has 0 spiro atoms. The number of nitrogens with one attached hydrogen (secondary N) is 1. The molecular weight excluding hydrogens is 462 g/mol. The molecule has 0 heterocycles. The van der Waals surface area contributed by atoms with E-state index < -0.39 is 47.2 Å². The largest absolute Gasteiger partial charge is 0.460 e. The molecule has 0 aromatic heterocycles. The lowest BCUT2D eigenvalue weighted by atomic mass is 9.99. The number of hydrogen-bond donors (Lipinski definition) is 1. The summed E-state index contributed by atoms with van der Waals surface area (Å²) >= 11 is 0. The Bertz CT molecular complexity index is 1040. The topological polar surface area (TPSA) is 108 Å². The predicted molar refractivity (Wildman–Crippen MR) is 134 cm³/mol. The lowest BCUT2D eigenvalue weighted by Crippen LogP contribution is -2.45. The number of rotatable bonds is 9. The minimum atomic E-state index is -1.25. The van der Waals surface area contributed by atoms with Gasteiger partial charge in [0.15, 0.2) is 6.10 Å². The molecule has 2 aromatic carbocycles. The van der Waals surface area contributed by atoms with Crippen LogP contribution in [0.15, 0.2) is 60.7 Å². The van der Waals surface area contributed by atoms with Gasteiger partial charge in [-0.3, -0.25) is 9.59 Å². The number of benzene rings is 2. The third kappa shape index (κ3) is 9.90. The van der Waals surface area contributed by atoms with Crippen molar-refractivity contribution in [2.75, 3.05) is 0 Å². The fourth-order valence-corrected chi connectivity index (χ4v) is 3.21. The second-order valence-corrected chi connectivity index (χ2v) is 10.3. The van der Waals surface area contributed by atoms with Crippen molar-refractivity contribution < 1.29 is 33.4 Å². The summed E-state index contributed by atoms with van der Waals surface area (Å²) in [6, 6.07) is 15.8. The molecular formula is C28H35NO7. The number of hydrogen-bond acceptors (Lipinski definition) is 7. The van der Waals surface area contributed by atoms with Gasteiger partial charge in [0.2, 0.25) is 5.78 Å². The fraction of sp³-hybridized carbons (Fsp3) is 0.429. The molecule has 0 saturated carbocycles. The van der Waals surface area contributed by atoms with Crippen molar-refractivity contribution in [1.82, 2.24) is 5.32 Å². The number of carbonyl (C=O) groups excluding carboxylic acids is 4. The van der Waals surface area contributed by atoms with Crippen LogP contribution in [0.5, 0.6) is 0 Å². The summed E-state index contributed by atoms with van der Waals surface area (Å²) < 4.78 is 16.3. The Kier molecular flexibility index (Phi) is 9.78. The van der Waals surface area contributed by atoms with Gasteiger partial charge in [0.05, 0.1) is 0 Å². The van der Waals surface area contributed by atoms with Gasteiger partial charge in [0.1, 0.15) is 17.2 Å². The van der Waals surface area contributed by atoms with Crippen molar-refractivity contribution in [2.45, 2.75) is 77.7 Å². The van der Waals surface area contributed by atoms with Crippen LogP contribution in [0.1, 0.15) is 76.4 Å². The molecule has 2 atom stereocenters. The van der Waals surface area contributed by atoms with E-state index in [4.69, 9.17) is 14.2 Å². The molecule has 0 fully saturated rings. The third-order valence-corrected chi connectivity index (χ3v) is 4.67. The number of carbonyl (C=O) groups is 4. The summed E-state index contributed by atoms with van der Waals surface area (Å²) in [5, 5.41) is 2.47. The SMILES string of the molecule is CC(C)(C)OC(=O)CC[C@H](NC(=O)OC(C)(C)C)C(=O)OC(C(=O)c1ccccc1)c1ccccc1. The van der Waals surface area contributed by atoms with Crippen molar-refractivity contribution in [3.05, 3.63) is 71.8 Å². The molecule has 0 saturated heterocycles. The van der Waals surface area contributed by atoms with E-state index in [2.05, 4.69) is 5.32 Å². The van der Waals surface area contributed by atoms with Crippen LogP contribution in [0.4, 0.5) is 4.79 Å². The van der Waals surface area contributed by atoms with Crippen LogP contribution in [-0.4, -0.2) is 41.1 Å². The van der Waals surface area contributed by atoms with Crippen LogP contribution in [0, 0.1) is 0 Å². The van der Waals surface area contributed by atoms with Gasteiger partial charge < -0.3 is 19.5 Å². The standard InChI is InChI=1S/C28H35NO7/c1-27(2,3)35-22(30)18-17-21(29-26(33)36-28(4,5)6)25(32)34-24(20-15-11-8-12-16-20)23(31)19-13-9-7-10-14-19/h7-16,21,24H,17-18H2,1-6H3,(H,29,33)/t21-,24?/m0/s1. The number of ketones is 1.